The van der Waals surface area contributed by atoms with Crippen LogP contribution >= 0.6 is 0 Å². The maximum absolute atomic E-state index is 3.76. The Hall–Kier alpha value is -0.603. The van der Waals surface area contributed by atoms with Gasteiger partial charge < -0.3 is 5.32 Å². The Labute approximate surface area is 119 Å². The maximum Gasteiger partial charge on any atom is 0.0775 e. The van der Waals surface area contributed by atoms with Crippen molar-refractivity contribution in [3.05, 3.63) is 29.8 Å². The molecule has 1 unspecified atom stereocenters. The van der Waals surface area contributed by atoms with Crippen LogP contribution in [0, 0.1) is 5.41 Å². The second kappa shape index (κ2) is 5.41. The molecule has 1 atom stereocenters. The van der Waals surface area contributed by atoms with E-state index in [1.165, 1.54) is 24.8 Å². The Morgan fingerprint density at radius 2 is 1.79 bits per heavy atom. The van der Waals surface area contributed by atoms with E-state index in [4.69, 9.17) is 0 Å². The summed E-state index contributed by atoms with van der Waals surface area (Å²) < 4.78 is 0. The fraction of sp³-hybridized carbons (Fsp3) is 0.647. The highest BCUT2D eigenvalue weighted by Gasteiger charge is 2.33. The van der Waals surface area contributed by atoms with Crippen molar-refractivity contribution in [3.63, 3.8) is 0 Å². The van der Waals surface area contributed by atoms with Crippen molar-refractivity contribution in [2.24, 2.45) is 5.41 Å². The molecule has 2 heteroatoms. The molecule has 19 heavy (non-hydrogen) atoms. The molecular weight excluding hydrogens is 246 g/mol. The van der Waals surface area contributed by atoms with E-state index in [0.717, 1.165) is 6.54 Å². The third-order valence-corrected chi connectivity index (χ3v) is 6.70. The van der Waals surface area contributed by atoms with E-state index in [9.17, 15) is 0 Å². The molecule has 106 valence electrons. The predicted octanol–water partition coefficient (Wildman–Crippen LogP) is 3.90. The SMILES string of the molecule is CC1(C)CCCC1NCc1ccc([Si](C)(C)C)cc1. The average molecular weight is 276 g/mol. The molecule has 0 heterocycles. The van der Waals surface area contributed by atoms with Crippen molar-refractivity contribution < 1.29 is 0 Å². The maximum atomic E-state index is 3.76. The van der Waals surface area contributed by atoms with E-state index in [1.807, 2.05) is 0 Å². The molecule has 1 aromatic rings. The third-order valence-electron chi connectivity index (χ3n) is 4.63. The monoisotopic (exact) mass is 275 g/mol. The minimum atomic E-state index is -1.15. The minimum absolute atomic E-state index is 0.470. The summed E-state index contributed by atoms with van der Waals surface area (Å²) in [5, 5.41) is 5.31. The Morgan fingerprint density at radius 3 is 2.26 bits per heavy atom. The Bertz CT molecular complexity index is 414. The van der Waals surface area contributed by atoms with Gasteiger partial charge in [0.05, 0.1) is 8.07 Å². The van der Waals surface area contributed by atoms with Crippen LogP contribution in [0.3, 0.4) is 0 Å². The summed E-state index contributed by atoms with van der Waals surface area (Å²) in [4.78, 5) is 0. The predicted molar refractivity (Wildman–Crippen MR) is 87.7 cm³/mol. The van der Waals surface area contributed by atoms with Crippen molar-refractivity contribution in [1.82, 2.24) is 5.32 Å². The van der Waals surface area contributed by atoms with Crippen LogP contribution in [0.25, 0.3) is 0 Å². The van der Waals surface area contributed by atoms with E-state index >= 15 is 0 Å². The number of nitrogens with one attached hydrogen (secondary N) is 1. The van der Waals surface area contributed by atoms with E-state index in [0.29, 0.717) is 11.5 Å². The number of benzene rings is 1. The zero-order valence-electron chi connectivity index (χ0n) is 13.2. The third kappa shape index (κ3) is 3.70. The van der Waals surface area contributed by atoms with Crippen LogP contribution in [-0.4, -0.2) is 14.1 Å². The van der Waals surface area contributed by atoms with Crippen LogP contribution in [0.2, 0.25) is 19.6 Å². The largest absolute Gasteiger partial charge is 0.309 e. The lowest BCUT2D eigenvalue weighted by Crippen LogP contribution is -2.38. The number of hydrogen-bond donors (Lipinski definition) is 1. The molecule has 1 nitrogen and oxygen atoms in total. The first-order chi connectivity index (χ1) is 8.79. The molecule has 0 bridgehead atoms. The van der Waals surface area contributed by atoms with Crippen molar-refractivity contribution in [2.75, 3.05) is 0 Å². The van der Waals surface area contributed by atoms with Crippen LogP contribution in [-0.2, 0) is 6.54 Å². The molecule has 1 fully saturated rings. The standard InChI is InChI=1S/C17H29NSi/c1-17(2)12-6-7-16(17)18-13-14-8-10-15(11-9-14)19(3,4)5/h8-11,16,18H,6-7,12-13H2,1-5H3. The zero-order valence-corrected chi connectivity index (χ0v) is 14.2. The molecule has 1 aliphatic rings. The van der Waals surface area contributed by atoms with Gasteiger partial charge in [-0.1, -0.05) is 69.4 Å². The van der Waals surface area contributed by atoms with Crippen molar-refractivity contribution in [3.8, 4) is 0 Å². The van der Waals surface area contributed by atoms with Gasteiger partial charge in [-0.3, -0.25) is 0 Å². The first kappa shape index (κ1) is 14.8. The molecule has 0 saturated heterocycles. The topological polar surface area (TPSA) is 12.0 Å². The first-order valence-corrected chi connectivity index (χ1v) is 11.1. The van der Waals surface area contributed by atoms with E-state index in [1.54, 1.807) is 5.19 Å². The van der Waals surface area contributed by atoms with Crippen LogP contribution in [0.1, 0.15) is 38.7 Å². The molecule has 0 spiro atoms. The lowest BCUT2D eigenvalue weighted by molar-refractivity contribution is 0.282. The summed E-state index contributed by atoms with van der Waals surface area (Å²) in [5.41, 5.74) is 1.89. The van der Waals surface area contributed by atoms with E-state index in [-0.39, 0.29) is 0 Å². The molecule has 0 amide bonds. The summed E-state index contributed by atoms with van der Waals surface area (Å²) in [6.45, 7) is 13.0. The molecule has 0 aromatic heterocycles. The number of hydrogen-bond acceptors (Lipinski definition) is 1. The normalized spacial score (nSPS) is 22.7. The molecule has 0 radical (unpaired) electrons. The van der Waals surface area contributed by atoms with Crippen LogP contribution in [0.4, 0.5) is 0 Å². The second-order valence-electron chi connectivity index (χ2n) is 7.76. The smallest absolute Gasteiger partial charge is 0.0775 e. The summed E-state index contributed by atoms with van der Waals surface area (Å²) >= 11 is 0. The van der Waals surface area contributed by atoms with Gasteiger partial charge in [0.15, 0.2) is 0 Å². The van der Waals surface area contributed by atoms with Gasteiger partial charge in [-0.15, -0.1) is 0 Å². The molecule has 2 rings (SSSR count). The Balaban J connectivity index is 1.94. The van der Waals surface area contributed by atoms with Gasteiger partial charge in [0.2, 0.25) is 0 Å². The van der Waals surface area contributed by atoms with Crippen molar-refractivity contribution in [1.29, 1.82) is 0 Å². The summed E-state index contributed by atoms with van der Waals surface area (Å²) in [6, 6.07) is 9.97. The highest BCUT2D eigenvalue weighted by Crippen LogP contribution is 2.37. The van der Waals surface area contributed by atoms with Crippen LogP contribution in [0.15, 0.2) is 24.3 Å². The van der Waals surface area contributed by atoms with Gasteiger partial charge in [-0.2, -0.15) is 0 Å². The molecule has 1 aliphatic carbocycles. The van der Waals surface area contributed by atoms with Crippen LogP contribution < -0.4 is 10.5 Å². The van der Waals surface area contributed by atoms with Crippen LogP contribution in [0.5, 0.6) is 0 Å². The molecule has 1 aromatic carbocycles. The van der Waals surface area contributed by atoms with Gasteiger partial charge in [0.1, 0.15) is 0 Å². The van der Waals surface area contributed by atoms with Gasteiger partial charge in [0.25, 0.3) is 0 Å². The highest BCUT2D eigenvalue weighted by molar-refractivity contribution is 6.88. The van der Waals surface area contributed by atoms with E-state index < -0.39 is 8.07 Å². The molecule has 0 aliphatic heterocycles. The summed E-state index contributed by atoms with van der Waals surface area (Å²) in [7, 11) is -1.15. The number of rotatable bonds is 4. The summed E-state index contributed by atoms with van der Waals surface area (Å²) in [6.07, 6.45) is 4.07. The fourth-order valence-electron chi connectivity index (χ4n) is 3.07. The highest BCUT2D eigenvalue weighted by atomic mass is 28.3. The lowest BCUT2D eigenvalue weighted by atomic mass is 9.87. The second-order valence-corrected chi connectivity index (χ2v) is 12.8. The van der Waals surface area contributed by atoms with Crippen molar-refractivity contribution in [2.45, 2.75) is 65.3 Å². The quantitative estimate of drug-likeness (QED) is 0.822. The molecular formula is C17H29NSi. The fourth-order valence-corrected chi connectivity index (χ4v) is 4.24. The summed E-state index contributed by atoms with van der Waals surface area (Å²) in [5.74, 6) is 0. The van der Waals surface area contributed by atoms with E-state index in [2.05, 4.69) is 63.1 Å². The Morgan fingerprint density at radius 1 is 1.16 bits per heavy atom. The molecule has 1 saturated carbocycles. The zero-order chi connectivity index (χ0) is 14.1. The molecule has 1 N–H and O–H groups in total. The first-order valence-electron chi connectivity index (χ1n) is 7.62. The van der Waals surface area contributed by atoms with Crippen molar-refractivity contribution >= 4 is 13.3 Å². The van der Waals surface area contributed by atoms with Gasteiger partial charge in [0, 0.05) is 12.6 Å². The van der Waals surface area contributed by atoms with Gasteiger partial charge >= 0.3 is 0 Å². The lowest BCUT2D eigenvalue weighted by Gasteiger charge is -2.28. The Kier molecular flexibility index (Phi) is 4.22. The minimum Gasteiger partial charge on any atom is -0.309 e. The van der Waals surface area contributed by atoms with Gasteiger partial charge in [-0.25, -0.2) is 0 Å². The van der Waals surface area contributed by atoms with Gasteiger partial charge in [-0.05, 0) is 23.8 Å². The average Bonchev–Trinajstić information content (AvgIpc) is 2.65.